The normalized spacial score (nSPS) is 18.5. The average Bonchev–Trinajstić information content (AvgIpc) is 2.79. The Morgan fingerprint density at radius 1 is 1.16 bits per heavy atom. The monoisotopic (exact) mass is 558 g/mol. The third-order valence-electron chi connectivity index (χ3n) is 6.17. The summed E-state index contributed by atoms with van der Waals surface area (Å²) in [6.45, 7) is 9.45. The fraction of sp³-hybridized carbons (Fsp3) is 0.667. The first-order valence-electron chi connectivity index (χ1n) is 11.6. The fourth-order valence-electron chi connectivity index (χ4n) is 4.48. The molecule has 2 heterocycles. The highest BCUT2D eigenvalue weighted by Gasteiger charge is 2.23. The van der Waals surface area contributed by atoms with Crippen LogP contribution in [0.3, 0.4) is 0 Å². The van der Waals surface area contributed by atoms with Crippen LogP contribution in [-0.2, 0) is 17.8 Å². The van der Waals surface area contributed by atoms with Gasteiger partial charge in [-0.15, -0.1) is 24.0 Å². The molecule has 32 heavy (non-hydrogen) atoms. The van der Waals surface area contributed by atoms with E-state index in [0.29, 0.717) is 31.2 Å². The zero-order chi connectivity index (χ0) is 22.2. The van der Waals surface area contributed by atoms with Gasteiger partial charge in [0.15, 0.2) is 17.5 Å². The predicted molar refractivity (Wildman–Crippen MR) is 139 cm³/mol. The second-order valence-corrected chi connectivity index (χ2v) is 8.57. The van der Waals surface area contributed by atoms with Crippen LogP contribution in [0.25, 0.3) is 0 Å². The summed E-state index contributed by atoms with van der Waals surface area (Å²) in [7, 11) is 3.29. The second kappa shape index (κ2) is 13.1. The molecule has 0 aromatic heterocycles. The maximum absolute atomic E-state index is 12.8. The molecule has 1 saturated heterocycles. The largest absolute Gasteiger partial charge is 0.493 e. The number of carbonyl (C=O) groups excluding carboxylic acids is 1. The number of likely N-dealkylation sites (tertiary alicyclic amines) is 1. The number of aliphatic imine (C=N–C) groups is 1. The number of fused-ring (bicyclic) bond motifs is 1. The molecule has 1 amide bonds. The summed E-state index contributed by atoms with van der Waals surface area (Å²) in [5.41, 5.74) is 2.38. The number of nitrogens with zero attached hydrogens (tertiary/aromatic N) is 3. The third-order valence-corrected chi connectivity index (χ3v) is 6.17. The van der Waals surface area contributed by atoms with Crippen LogP contribution in [-0.4, -0.2) is 68.6 Å². The molecule has 2 aliphatic heterocycles. The van der Waals surface area contributed by atoms with Crippen molar-refractivity contribution >= 4 is 35.8 Å². The van der Waals surface area contributed by atoms with E-state index < -0.39 is 0 Å². The highest BCUT2D eigenvalue weighted by Crippen LogP contribution is 2.33. The molecular weight excluding hydrogens is 519 g/mol. The number of hydrogen-bond donors (Lipinski definition) is 1. The molecule has 0 aliphatic carbocycles. The van der Waals surface area contributed by atoms with Gasteiger partial charge in [0.1, 0.15) is 0 Å². The van der Waals surface area contributed by atoms with E-state index in [1.165, 1.54) is 18.4 Å². The number of amides is 1. The number of guanidine groups is 1. The maximum atomic E-state index is 12.8. The van der Waals surface area contributed by atoms with Crippen molar-refractivity contribution in [3.05, 3.63) is 23.3 Å². The zero-order valence-electron chi connectivity index (χ0n) is 20.0. The minimum absolute atomic E-state index is 0. The molecule has 3 rings (SSSR count). The Morgan fingerprint density at radius 3 is 2.53 bits per heavy atom. The number of ether oxygens (including phenoxy) is 2. The quantitative estimate of drug-likeness (QED) is 0.240. The topological polar surface area (TPSA) is 66.4 Å². The van der Waals surface area contributed by atoms with Gasteiger partial charge in [0.05, 0.1) is 14.2 Å². The lowest BCUT2D eigenvalue weighted by molar-refractivity contribution is -0.132. The predicted octanol–water partition coefficient (Wildman–Crippen LogP) is 3.68. The summed E-state index contributed by atoms with van der Waals surface area (Å²) < 4.78 is 10.8. The Kier molecular flexibility index (Phi) is 10.9. The van der Waals surface area contributed by atoms with Crippen LogP contribution in [0.15, 0.2) is 17.1 Å². The highest BCUT2D eigenvalue weighted by atomic mass is 127. The SMILES string of the molecule is CCNC(=NCCCC(=O)N1CCc2cc(OC)c(OC)cc2C1)N1CCCC(C)C1.I. The minimum Gasteiger partial charge on any atom is -0.493 e. The van der Waals surface area contributed by atoms with E-state index in [2.05, 4.69) is 24.1 Å². The summed E-state index contributed by atoms with van der Waals surface area (Å²) in [4.78, 5) is 21.9. The van der Waals surface area contributed by atoms with E-state index in [1.807, 2.05) is 17.0 Å². The van der Waals surface area contributed by atoms with Crippen LogP contribution in [0.4, 0.5) is 0 Å². The number of hydrogen-bond acceptors (Lipinski definition) is 4. The number of nitrogens with one attached hydrogen (secondary N) is 1. The molecule has 1 unspecified atom stereocenters. The van der Waals surface area contributed by atoms with E-state index in [4.69, 9.17) is 14.5 Å². The molecule has 1 fully saturated rings. The molecule has 2 aliphatic rings. The summed E-state index contributed by atoms with van der Waals surface area (Å²) in [5.74, 6) is 3.37. The van der Waals surface area contributed by atoms with Gasteiger partial charge in [-0.05, 0) is 61.8 Å². The van der Waals surface area contributed by atoms with Crippen molar-refractivity contribution in [3.63, 3.8) is 0 Å². The summed E-state index contributed by atoms with van der Waals surface area (Å²) in [6, 6.07) is 4.04. The van der Waals surface area contributed by atoms with Gasteiger partial charge in [0, 0.05) is 45.7 Å². The Hall–Kier alpha value is -1.71. The van der Waals surface area contributed by atoms with Crippen molar-refractivity contribution < 1.29 is 14.3 Å². The maximum Gasteiger partial charge on any atom is 0.222 e. The minimum atomic E-state index is 0. The van der Waals surface area contributed by atoms with Crippen LogP contribution in [0.2, 0.25) is 0 Å². The molecule has 0 bridgehead atoms. The molecule has 0 spiro atoms. The van der Waals surface area contributed by atoms with E-state index in [0.717, 1.165) is 56.3 Å². The molecule has 1 atom stereocenters. The first-order valence-corrected chi connectivity index (χ1v) is 11.6. The second-order valence-electron chi connectivity index (χ2n) is 8.57. The Bertz CT molecular complexity index is 787. The molecule has 8 heteroatoms. The van der Waals surface area contributed by atoms with Crippen molar-refractivity contribution in [2.75, 3.05) is 46.9 Å². The summed E-state index contributed by atoms with van der Waals surface area (Å²) >= 11 is 0. The average molecular weight is 559 g/mol. The standard InChI is InChI=1S/C24H38N4O3.HI/c1-5-25-24(28-12-7-8-18(2)16-28)26-11-6-9-23(29)27-13-10-19-14-21(30-3)22(31-4)15-20(19)17-27;/h14-15,18H,5-13,16-17H2,1-4H3,(H,25,26);1H. The van der Waals surface area contributed by atoms with Gasteiger partial charge in [0.25, 0.3) is 0 Å². The number of halogens is 1. The molecule has 1 aromatic rings. The molecule has 1 aromatic carbocycles. The van der Waals surface area contributed by atoms with Gasteiger partial charge in [-0.1, -0.05) is 6.92 Å². The van der Waals surface area contributed by atoms with Crippen molar-refractivity contribution in [2.45, 2.75) is 52.5 Å². The van der Waals surface area contributed by atoms with Gasteiger partial charge in [-0.2, -0.15) is 0 Å². The molecular formula is C24H39IN4O3. The van der Waals surface area contributed by atoms with Crippen LogP contribution in [0, 0.1) is 5.92 Å². The van der Waals surface area contributed by atoms with Gasteiger partial charge in [-0.25, -0.2) is 0 Å². The lowest BCUT2D eigenvalue weighted by atomic mass is 9.98. The van der Waals surface area contributed by atoms with Gasteiger partial charge in [-0.3, -0.25) is 9.79 Å². The Balaban J connectivity index is 0.00000363. The molecule has 0 saturated carbocycles. The Labute approximate surface area is 209 Å². The Morgan fingerprint density at radius 2 is 1.88 bits per heavy atom. The van der Waals surface area contributed by atoms with Gasteiger partial charge >= 0.3 is 0 Å². The van der Waals surface area contributed by atoms with Crippen LogP contribution >= 0.6 is 24.0 Å². The van der Waals surface area contributed by atoms with Gasteiger partial charge < -0.3 is 24.6 Å². The number of piperidine rings is 1. The van der Waals surface area contributed by atoms with Crippen molar-refractivity contribution in [3.8, 4) is 11.5 Å². The lowest BCUT2D eigenvalue weighted by Gasteiger charge is -2.33. The molecule has 180 valence electrons. The molecule has 7 nitrogen and oxygen atoms in total. The van der Waals surface area contributed by atoms with Crippen LogP contribution in [0.1, 0.15) is 50.7 Å². The number of carbonyl (C=O) groups is 1. The summed E-state index contributed by atoms with van der Waals surface area (Å²) in [6.07, 6.45) is 4.66. The van der Waals surface area contributed by atoms with E-state index in [-0.39, 0.29) is 29.9 Å². The zero-order valence-corrected chi connectivity index (χ0v) is 22.3. The van der Waals surface area contributed by atoms with Crippen LogP contribution in [0.5, 0.6) is 11.5 Å². The van der Waals surface area contributed by atoms with E-state index >= 15 is 0 Å². The first kappa shape index (κ1) is 26.5. The molecule has 1 N–H and O–H groups in total. The van der Waals surface area contributed by atoms with E-state index in [1.54, 1.807) is 14.2 Å². The van der Waals surface area contributed by atoms with Crippen molar-refractivity contribution in [1.82, 2.24) is 15.1 Å². The van der Waals surface area contributed by atoms with Crippen molar-refractivity contribution in [1.29, 1.82) is 0 Å². The third kappa shape index (κ3) is 6.89. The van der Waals surface area contributed by atoms with Crippen LogP contribution < -0.4 is 14.8 Å². The lowest BCUT2D eigenvalue weighted by Crippen LogP contribution is -2.46. The molecule has 0 radical (unpaired) electrons. The fourth-order valence-corrected chi connectivity index (χ4v) is 4.48. The van der Waals surface area contributed by atoms with Crippen molar-refractivity contribution in [2.24, 2.45) is 10.9 Å². The van der Waals surface area contributed by atoms with E-state index in [9.17, 15) is 4.79 Å². The number of benzene rings is 1. The van der Waals surface area contributed by atoms with Gasteiger partial charge in [0.2, 0.25) is 5.91 Å². The number of rotatable bonds is 7. The highest BCUT2D eigenvalue weighted by molar-refractivity contribution is 14.0. The smallest absolute Gasteiger partial charge is 0.222 e. The summed E-state index contributed by atoms with van der Waals surface area (Å²) in [5, 5.41) is 3.41. The first-order chi connectivity index (χ1) is 15.0. The number of methoxy groups -OCH3 is 2.